The van der Waals surface area contributed by atoms with E-state index in [1.165, 1.54) is 31.2 Å². The molecular weight excluding hydrogens is 728 g/mol. The smallest absolute Gasteiger partial charge is 0.417 e. The molecule has 0 unspecified atom stereocenters. The molecule has 0 spiro atoms. The number of benzene rings is 4. The molecule has 0 fully saturated rings. The van der Waals surface area contributed by atoms with Gasteiger partial charge < -0.3 is 30.4 Å². The number of halogens is 4. The van der Waals surface area contributed by atoms with Gasteiger partial charge >= 0.3 is 6.18 Å². The number of rotatable bonds is 15. The van der Waals surface area contributed by atoms with Crippen molar-refractivity contribution in [3.8, 4) is 29.1 Å². The van der Waals surface area contributed by atoms with Crippen LogP contribution < -0.4 is 20.7 Å². The van der Waals surface area contributed by atoms with Gasteiger partial charge in [0.25, 0.3) is 11.8 Å². The van der Waals surface area contributed by atoms with Crippen molar-refractivity contribution < 1.29 is 36.6 Å². The molecule has 0 saturated heterocycles. The zero-order chi connectivity index (χ0) is 39.9. The first kappa shape index (κ1) is 39.5. The number of nitrogens with one attached hydrogen (secondary N) is 4. The average molecular weight is 767 g/mol. The Morgan fingerprint density at radius 3 is 2.43 bits per heavy atom. The first-order valence-corrected chi connectivity index (χ1v) is 18.0. The van der Waals surface area contributed by atoms with Crippen LogP contribution in [-0.2, 0) is 28.7 Å². The molecular formula is C42H38F4N6O4. The highest BCUT2D eigenvalue weighted by Gasteiger charge is 2.37. The third-order valence-electron chi connectivity index (χ3n) is 9.54. The van der Waals surface area contributed by atoms with E-state index in [-0.39, 0.29) is 24.8 Å². The van der Waals surface area contributed by atoms with Gasteiger partial charge in [0, 0.05) is 42.0 Å². The Morgan fingerprint density at radius 2 is 1.71 bits per heavy atom. The van der Waals surface area contributed by atoms with Crippen LogP contribution in [-0.4, -0.2) is 48.7 Å². The Morgan fingerprint density at radius 1 is 0.946 bits per heavy atom. The minimum atomic E-state index is -4.80. The Hall–Kier alpha value is -6.22. The van der Waals surface area contributed by atoms with Crippen molar-refractivity contribution in [1.82, 2.24) is 15.6 Å². The van der Waals surface area contributed by atoms with Crippen LogP contribution in [0.1, 0.15) is 64.4 Å². The van der Waals surface area contributed by atoms with Gasteiger partial charge in [-0.25, -0.2) is 4.39 Å². The van der Waals surface area contributed by atoms with Crippen LogP contribution in [0.25, 0.3) is 22.2 Å². The second-order valence-electron chi connectivity index (χ2n) is 13.6. The minimum Gasteiger partial charge on any atom is -0.490 e. The van der Waals surface area contributed by atoms with Crippen LogP contribution in [0.3, 0.4) is 0 Å². The van der Waals surface area contributed by atoms with Gasteiger partial charge in [0.2, 0.25) is 0 Å². The van der Waals surface area contributed by atoms with Crippen LogP contribution in [0.2, 0.25) is 0 Å². The normalized spacial score (nSPS) is 13.6. The second-order valence-corrected chi connectivity index (χ2v) is 13.6. The molecule has 1 aromatic heterocycles. The van der Waals surface area contributed by atoms with E-state index in [0.29, 0.717) is 60.9 Å². The van der Waals surface area contributed by atoms with Crippen LogP contribution >= 0.6 is 0 Å². The molecule has 0 radical (unpaired) electrons. The number of carbonyl (C=O) groups excluding carboxylic acids is 2. The van der Waals surface area contributed by atoms with Gasteiger partial charge in [-0.05, 0) is 110 Å². The number of hydrogen-bond acceptors (Lipinski definition) is 7. The molecule has 4 N–H and O–H groups in total. The van der Waals surface area contributed by atoms with E-state index < -0.39 is 34.6 Å². The third-order valence-corrected chi connectivity index (χ3v) is 9.54. The van der Waals surface area contributed by atoms with E-state index in [1.807, 2.05) is 30.3 Å². The van der Waals surface area contributed by atoms with Gasteiger partial charge in [0.1, 0.15) is 18.2 Å². The van der Waals surface area contributed by atoms with Crippen molar-refractivity contribution in [3.05, 3.63) is 118 Å². The number of unbranched alkanes of at least 4 members (excludes halogenated alkanes) is 2. The summed E-state index contributed by atoms with van der Waals surface area (Å²) in [6.07, 6.45) is -2.02. The lowest BCUT2D eigenvalue weighted by Crippen LogP contribution is -2.48. The van der Waals surface area contributed by atoms with Crippen molar-refractivity contribution in [2.45, 2.75) is 50.9 Å². The molecule has 5 aromatic rings. The Labute approximate surface area is 320 Å². The predicted molar refractivity (Wildman–Crippen MR) is 201 cm³/mol. The van der Waals surface area contributed by atoms with E-state index in [1.54, 1.807) is 24.3 Å². The topological polar surface area (TPSA) is 152 Å². The van der Waals surface area contributed by atoms with Gasteiger partial charge in [-0.1, -0.05) is 24.3 Å². The van der Waals surface area contributed by atoms with Crippen molar-refractivity contribution >= 4 is 28.4 Å². The van der Waals surface area contributed by atoms with Gasteiger partial charge in [-0.3, -0.25) is 9.59 Å². The largest absolute Gasteiger partial charge is 0.490 e. The molecule has 1 atom stereocenters. The highest BCUT2D eigenvalue weighted by atomic mass is 19.4. The van der Waals surface area contributed by atoms with Crippen molar-refractivity contribution in [2.75, 3.05) is 31.6 Å². The Balaban J connectivity index is 1.00. The zero-order valence-corrected chi connectivity index (χ0v) is 30.4. The third kappa shape index (κ3) is 9.17. The van der Waals surface area contributed by atoms with Crippen LogP contribution in [0.5, 0.6) is 5.75 Å². The lowest BCUT2D eigenvalue weighted by Gasteiger charge is -2.29. The lowest BCUT2D eigenvalue weighted by molar-refractivity contribution is -0.143. The molecule has 4 aromatic carbocycles. The SMILES string of the molecule is C[C@@](COc1ccc(C#N)cc1)(OCCCCCNCc1ccc(-c2[nH]c3cc(F)cc4c3c2CCNC4=O)cc1)C(=O)Nc1ccc(C#N)c(C(F)(F)F)c1. The number of nitriles is 2. The summed E-state index contributed by atoms with van der Waals surface area (Å²) in [6.45, 7) is 3.17. The van der Waals surface area contributed by atoms with Crippen LogP contribution in [0, 0.1) is 28.5 Å². The number of amides is 2. The summed E-state index contributed by atoms with van der Waals surface area (Å²) in [5.41, 5.74) is 1.69. The molecule has 1 aliphatic heterocycles. The number of aromatic nitrogens is 1. The summed E-state index contributed by atoms with van der Waals surface area (Å²) in [5, 5.41) is 27.7. The molecule has 2 heterocycles. The first-order chi connectivity index (χ1) is 26.9. The van der Waals surface area contributed by atoms with E-state index in [4.69, 9.17) is 20.0 Å². The number of alkyl halides is 3. The molecule has 56 heavy (non-hydrogen) atoms. The van der Waals surface area contributed by atoms with E-state index in [0.717, 1.165) is 46.7 Å². The fourth-order valence-electron chi connectivity index (χ4n) is 6.52. The summed E-state index contributed by atoms with van der Waals surface area (Å²) in [5.74, 6) is -1.12. The molecule has 14 heteroatoms. The average Bonchev–Trinajstić information content (AvgIpc) is 3.46. The minimum absolute atomic E-state index is 0.154. The predicted octanol–water partition coefficient (Wildman–Crippen LogP) is 7.77. The van der Waals surface area contributed by atoms with Crippen molar-refractivity contribution in [2.24, 2.45) is 0 Å². The molecule has 10 nitrogen and oxygen atoms in total. The quantitative estimate of drug-likeness (QED) is 0.0628. The summed E-state index contributed by atoms with van der Waals surface area (Å²) < 4.78 is 66.8. The molecule has 6 rings (SSSR count). The fraction of sp³-hybridized carbons (Fsp3) is 0.286. The van der Waals surface area contributed by atoms with Crippen LogP contribution in [0.4, 0.5) is 23.2 Å². The van der Waals surface area contributed by atoms with Crippen LogP contribution in [0.15, 0.2) is 78.9 Å². The molecule has 0 saturated carbocycles. The number of carbonyl (C=O) groups is 2. The van der Waals surface area contributed by atoms with Crippen molar-refractivity contribution in [3.63, 3.8) is 0 Å². The summed E-state index contributed by atoms with van der Waals surface area (Å²) >= 11 is 0. The fourth-order valence-corrected chi connectivity index (χ4v) is 6.52. The molecule has 0 aliphatic carbocycles. The number of nitrogens with zero attached hydrogens (tertiary/aromatic N) is 2. The van der Waals surface area contributed by atoms with E-state index in [2.05, 4.69) is 20.9 Å². The maximum absolute atomic E-state index is 14.3. The number of ether oxygens (including phenoxy) is 2. The highest BCUT2D eigenvalue weighted by molar-refractivity contribution is 6.10. The maximum Gasteiger partial charge on any atom is 0.417 e. The first-order valence-electron chi connectivity index (χ1n) is 18.0. The molecule has 1 aliphatic rings. The monoisotopic (exact) mass is 766 g/mol. The standard InChI is InChI=1S/C42H38F4N6O4/c1-41(25-55-32-13-7-26(22-47)8-14-32,40(54)51-31-12-11-29(23-48)35(21-31)42(44,45)46)56-18-4-2-3-16-49-24-27-5-9-28(10-6-27)38-33-15-17-50-39(53)34-19-30(43)20-36(52-38)37(33)34/h5-14,19-21,49,52H,2-4,15-18,24-25H2,1H3,(H,50,53)(H,51,54)/t41-/m0/s1. The number of aromatic amines is 1. The van der Waals surface area contributed by atoms with E-state index >= 15 is 0 Å². The number of anilines is 1. The van der Waals surface area contributed by atoms with Gasteiger partial charge in [0.15, 0.2) is 5.60 Å². The number of hydrogen-bond donors (Lipinski definition) is 4. The zero-order valence-electron chi connectivity index (χ0n) is 30.4. The molecule has 288 valence electrons. The summed E-state index contributed by atoms with van der Waals surface area (Å²) in [7, 11) is 0. The Kier molecular flexibility index (Phi) is 12.0. The molecule has 2 amide bonds. The number of H-pyrrole nitrogens is 1. The molecule has 0 bridgehead atoms. The second kappa shape index (κ2) is 17.1. The van der Waals surface area contributed by atoms with Crippen molar-refractivity contribution in [1.29, 1.82) is 10.5 Å². The summed E-state index contributed by atoms with van der Waals surface area (Å²) in [6, 6.07) is 23.4. The van der Waals surface area contributed by atoms with E-state index in [9.17, 15) is 27.2 Å². The van der Waals surface area contributed by atoms with Gasteiger partial charge in [0.05, 0.1) is 34.4 Å². The van der Waals surface area contributed by atoms with Gasteiger partial charge in [-0.2, -0.15) is 23.7 Å². The highest BCUT2D eigenvalue weighted by Crippen LogP contribution is 2.36. The van der Waals surface area contributed by atoms with Gasteiger partial charge in [-0.15, -0.1) is 0 Å². The maximum atomic E-state index is 14.3. The Bertz CT molecular complexity index is 2310. The summed E-state index contributed by atoms with van der Waals surface area (Å²) in [4.78, 5) is 29.3. The lowest BCUT2D eigenvalue weighted by atomic mass is 9.99.